The van der Waals surface area contributed by atoms with Crippen LogP contribution < -0.4 is 5.32 Å². The van der Waals surface area contributed by atoms with Crippen LogP contribution in [0.1, 0.15) is 52.0 Å². The molecule has 12 heteroatoms. The van der Waals surface area contributed by atoms with Crippen LogP contribution in [0.2, 0.25) is 0 Å². The summed E-state index contributed by atoms with van der Waals surface area (Å²) in [6, 6.07) is 11.1. The predicted molar refractivity (Wildman–Crippen MR) is 137 cm³/mol. The van der Waals surface area contributed by atoms with Gasteiger partial charge in [-0.15, -0.1) is 0 Å². The molecule has 1 aromatic rings. The molecule has 2 heterocycles. The van der Waals surface area contributed by atoms with Crippen LogP contribution in [0.3, 0.4) is 0 Å². The molecule has 2 aliphatic rings. The van der Waals surface area contributed by atoms with Gasteiger partial charge >= 0.3 is 13.2 Å². The average molecular weight is 534 g/mol. The summed E-state index contributed by atoms with van der Waals surface area (Å²) in [6.45, 7) is 5.46. The van der Waals surface area contributed by atoms with Crippen molar-refractivity contribution in [2.45, 2.75) is 75.9 Å². The molecule has 0 bridgehead atoms. The van der Waals surface area contributed by atoms with Crippen LogP contribution >= 0.6 is 0 Å². The first-order valence-corrected chi connectivity index (χ1v) is 12.9. The molecule has 1 unspecified atom stereocenters. The lowest BCUT2D eigenvalue weighted by Crippen LogP contribution is -2.55. The SMILES string of the molecule is CC(C)(CC(C#N)C(=O)N1CCC[C@](C)(OC(=O)N[C@@H](Cc2ccccc2)B(O)O)C1)N1CCC(F)(F)C1. The molecule has 208 valence electrons. The quantitative estimate of drug-likeness (QED) is 0.416. The Hall–Kier alpha value is -2.75. The smallest absolute Gasteiger partial charge is 0.441 e. The summed E-state index contributed by atoms with van der Waals surface area (Å²) in [4.78, 5) is 29.1. The van der Waals surface area contributed by atoms with Gasteiger partial charge in [-0.1, -0.05) is 30.3 Å². The third-order valence-electron chi connectivity index (χ3n) is 7.45. The Morgan fingerprint density at radius 3 is 2.47 bits per heavy atom. The molecule has 3 rings (SSSR count). The standard InChI is InChI=1S/C26H37BF2N4O5/c1-24(2,33-13-11-26(28,29)18-33)15-20(16-30)22(34)32-12-7-10-25(3,17-32)38-23(35)31-21(27(36)37)14-19-8-5-4-6-9-19/h4-6,8-9,20-21,36-37H,7,10-15,17-18H2,1-3H3,(H,31,35)/t20?,21-,25-/m0/s1. The minimum Gasteiger partial charge on any atom is -0.441 e. The maximum absolute atomic E-state index is 13.8. The lowest BCUT2D eigenvalue weighted by atomic mass is 9.76. The first-order chi connectivity index (χ1) is 17.7. The summed E-state index contributed by atoms with van der Waals surface area (Å²) in [7, 11) is -1.81. The largest absolute Gasteiger partial charge is 0.475 e. The molecule has 0 aliphatic carbocycles. The fourth-order valence-corrected chi connectivity index (χ4v) is 5.27. The zero-order chi connectivity index (χ0) is 28.1. The number of alkyl carbamates (subject to hydrolysis) is 1. The summed E-state index contributed by atoms with van der Waals surface area (Å²) >= 11 is 0. The van der Waals surface area contributed by atoms with E-state index in [4.69, 9.17) is 4.74 Å². The minimum absolute atomic E-state index is 0.0602. The number of benzene rings is 1. The fraction of sp³-hybridized carbons (Fsp3) is 0.654. The maximum atomic E-state index is 13.8. The maximum Gasteiger partial charge on any atom is 0.475 e. The molecule has 0 spiro atoms. The number of likely N-dealkylation sites (tertiary alicyclic amines) is 2. The lowest BCUT2D eigenvalue weighted by molar-refractivity contribution is -0.141. The van der Waals surface area contributed by atoms with E-state index in [0.29, 0.717) is 19.4 Å². The number of halogens is 2. The van der Waals surface area contributed by atoms with E-state index in [-0.39, 0.29) is 32.4 Å². The molecule has 3 atom stereocenters. The van der Waals surface area contributed by atoms with Crippen LogP contribution in [0.15, 0.2) is 30.3 Å². The van der Waals surface area contributed by atoms with Crippen molar-refractivity contribution >= 4 is 19.1 Å². The van der Waals surface area contributed by atoms with Crippen molar-refractivity contribution in [2.75, 3.05) is 26.2 Å². The molecule has 0 aromatic heterocycles. The van der Waals surface area contributed by atoms with Crippen LogP contribution in [0, 0.1) is 17.2 Å². The van der Waals surface area contributed by atoms with Crippen LogP contribution in [0.25, 0.3) is 0 Å². The second-order valence-corrected chi connectivity index (χ2v) is 11.3. The predicted octanol–water partition coefficient (Wildman–Crippen LogP) is 2.37. The summed E-state index contributed by atoms with van der Waals surface area (Å²) in [5.74, 6) is -5.23. The zero-order valence-electron chi connectivity index (χ0n) is 22.2. The molecule has 1 aromatic carbocycles. The van der Waals surface area contributed by atoms with Gasteiger partial charge in [0, 0.05) is 25.0 Å². The summed E-state index contributed by atoms with van der Waals surface area (Å²) < 4.78 is 33.2. The lowest BCUT2D eigenvalue weighted by Gasteiger charge is -2.42. The molecule has 0 radical (unpaired) electrons. The van der Waals surface area contributed by atoms with Gasteiger partial charge in [-0.3, -0.25) is 9.69 Å². The Labute approximate surface area is 222 Å². The van der Waals surface area contributed by atoms with Crippen LogP contribution in [0.5, 0.6) is 0 Å². The van der Waals surface area contributed by atoms with Crippen LogP contribution in [-0.2, 0) is 16.0 Å². The highest BCUT2D eigenvalue weighted by Gasteiger charge is 2.46. The molecule has 38 heavy (non-hydrogen) atoms. The molecular formula is C26H37BF2N4O5. The number of nitrogens with one attached hydrogen (secondary N) is 1. The van der Waals surface area contributed by atoms with Crippen molar-refractivity contribution in [3.8, 4) is 6.07 Å². The van der Waals surface area contributed by atoms with Gasteiger partial charge in [0.2, 0.25) is 5.91 Å². The number of hydrogen-bond donors (Lipinski definition) is 3. The highest BCUT2D eigenvalue weighted by atomic mass is 19.3. The van der Waals surface area contributed by atoms with Gasteiger partial charge in [0.15, 0.2) is 0 Å². The third-order valence-corrected chi connectivity index (χ3v) is 7.45. The van der Waals surface area contributed by atoms with Crippen molar-refractivity contribution in [3.05, 3.63) is 35.9 Å². The van der Waals surface area contributed by atoms with Crippen molar-refractivity contribution in [1.82, 2.24) is 15.1 Å². The van der Waals surface area contributed by atoms with E-state index in [1.807, 2.05) is 12.1 Å². The number of rotatable bonds is 9. The second kappa shape index (κ2) is 12.0. The zero-order valence-corrected chi connectivity index (χ0v) is 22.2. The van der Waals surface area contributed by atoms with Gasteiger partial charge < -0.3 is 25.0 Å². The first kappa shape index (κ1) is 29.8. The van der Waals surface area contributed by atoms with Crippen molar-refractivity contribution in [1.29, 1.82) is 5.26 Å². The number of hydrogen-bond acceptors (Lipinski definition) is 7. The van der Waals surface area contributed by atoms with E-state index < -0.39 is 54.6 Å². The molecule has 9 nitrogen and oxygen atoms in total. The monoisotopic (exact) mass is 534 g/mol. The van der Waals surface area contributed by atoms with Crippen molar-refractivity contribution in [3.63, 3.8) is 0 Å². The van der Waals surface area contributed by atoms with Crippen LogP contribution in [-0.4, -0.2) is 88.1 Å². The van der Waals surface area contributed by atoms with E-state index in [0.717, 1.165) is 5.56 Å². The Bertz CT molecular complexity index is 1020. The fourth-order valence-electron chi connectivity index (χ4n) is 5.27. The number of alkyl halides is 2. The molecule has 2 amide bonds. The summed E-state index contributed by atoms with van der Waals surface area (Å²) in [6.07, 6.45) is 0.195. The van der Waals surface area contributed by atoms with Gasteiger partial charge in [0.1, 0.15) is 11.5 Å². The first-order valence-electron chi connectivity index (χ1n) is 12.9. The number of carbonyl (C=O) groups excluding carboxylic acids is 2. The molecule has 2 fully saturated rings. The van der Waals surface area contributed by atoms with E-state index >= 15 is 0 Å². The highest BCUT2D eigenvalue weighted by Crippen LogP contribution is 2.35. The number of ether oxygens (including phenoxy) is 1. The minimum atomic E-state index is -2.78. The van der Waals surface area contributed by atoms with E-state index in [2.05, 4.69) is 5.32 Å². The Morgan fingerprint density at radius 2 is 1.89 bits per heavy atom. The molecule has 2 aliphatic heterocycles. The number of nitrogens with zero attached hydrogens (tertiary/aromatic N) is 3. The second-order valence-electron chi connectivity index (χ2n) is 11.3. The Kier molecular flexibility index (Phi) is 9.39. The van der Waals surface area contributed by atoms with Crippen molar-refractivity contribution in [2.24, 2.45) is 5.92 Å². The van der Waals surface area contributed by atoms with Gasteiger partial charge in [-0.2, -0.15) is 5.26 Å². The van der Waals surface area contributed by atoms with Crippen molar-refractivity contribution < 1.29 is 33.2 Å². The Balaban J connectivity index is 1.60. The molecule has 0 saturated carbocycles. The van der Waals surface area contributed by atoms with E-state index in [1.54, 1.807) is 49.9 Å². The number of piperidine rings is 1. The molecular weight excluding hydrogens is 497 g/mol. The van der Waals surface area contributed by atoms with E-state index in [9.17, 15) is 33.7 Å². The number of amides is 2. The van der Waals surface area contributed by atoms with Gasteiger partial charge in [0.25, 0.3) is 5.92 Å². The van der Waals surface area contributed by atoms with Gasteiger partial charge in [-0.25, -0.2) is 13.6 Å². The molecule has 2 saturated heterocycles. The van der Waals surface area contributed by atoms with Gasteiger partial charge in [0.05, 0.1) is 25.1 Å². The topological polar surface area (TPSA) is 126 Å². The number of carbonyl (C=O) groups is 2. The number of nitriles is 1. The normalized spacial score (nSPS) is 23.3. The third kappa shape index (κ3) is 7.88. The Morgan fingerprint density at radius 1 is 1.21 bits per heavy atom. The summed E-state index contributed by atoms with van der Waals surface area (Å²) in [5.41, 5.74) is -1.03. The molecule has 3 N–H and O–H groups in total. The average Bonchev–Trinajstić information content (AvgIpc) is 3.22. The van der Waals surface area contributed by atoms with Crippen LogP contribution in [0.4, 0.5) is 13.6 Å². The highest BCUT2D eigenvalue weighted by molar-refractivity contribution is 6.43. The van der Waals surface area contributed by atoms with Gasteiger partial charge in [-0.05, 0) is 52.0 Å². The summed E-state index contributed by atoms with van der Waals surface area (Å²) in [5, 5.41) is 31.8. The van der Waals surface area contributed by atoms with E-state index in [1.165, 1.54) is 4.90 Å².